The van der Waals surface area contributed by atoms with E-state index in [2.05, 4.69) is 18.2 Å². The number of hydrogen-bond donors (Lipinski definition) is 0. The van der Waals surface area contributed by atoms with Gasteiger partial charge in [-0.3, -0.25) is 9.36 Å². The fourth-order valence-electron chi connectivity index (χ4n) is 3.19. The predicted octanol–water partition coefficient (Wildman–Crippen LogP) is 3.41. The molecule has 0 unspecified atom stereocenters. The molecule has 0 saturated heterocycles. The highest BCUT2D eigenvalue weighted by Crippen LogP contribution is 2.20. The first-order valence-electron chi connectivity index (χ1n) is 8.42. The lowest BCUT2D eigenvalue weighted by Gasteiger charge is -2.18. The molecule has 0 aliphatic rings. The summed E-state index contributed by atoms with van der Waals surface area (Å²) < 4.78 is 6.56. The summed E-state index contributed by atoms with van der Waals surface area (Å²) in [6.07, 6.45) is 0. The molecule has 0 radical (unpaired) electrons. The monoisotopic (exact) mass is 346 g/mol. The van der Waals surface area contributed by atoms with Crippen LogP contribution >= 0.6 is 0 Å². The summed E-state index contributed by atoms with van der Waals surface area (Å²) in [5, 5.41) is 2.27. The second kappa shape index (κ2) is 6.52. The number of rotatable bonds is 4. The second-order valence-corrected chi connectivity index (χ2v) is 6.31. The van der Waals surface area contributed by atoms with Crippen LogP contribution in [-0.4, -0.2) is 22.4 Å². The van der Waals surface area contributed by atoms with Gasteiger partial charge < -0.3 is 9.32 Å². The van der Waals surface area contributed by atoms with Gasteiger partial charge in [-0.1, -0.05) is 54.6 Å². The number of carbonyl (C=O) groups excluding carboxylic acids is 1. The average Bonchev–Trinajstić information content (AvgIpc) is 2.97. The molecule has 130 valence electrons. The van der Waals surface area contributed by atoms with Gasteiger partial charge in [-0.15, -0.1) is 0 Å². The average molecular weight is 346 g/mol. The molecule has 0 spiro atoms. The molecule has 0 aliphatic heterocycles. The van der Waals surface area contributed by atoms with E-state index < -0.39 is 5.76 Å². The molecule has 0 N–H and O–H groups in total. The third-order valence-corrected chi connectivity index (χ3v) is 4.58. The lowest BCUT2D eigenvalue weighted by Crippen LogP contribution is -2.32. The molecule has 0 bridgehead atoms. The summed E-state index contributed by atoms with van der Waals surface area (Å²) in [7, 11) is 1.75. The van der Waals surface area contributed by atoms with Gasteiger partial charge in [0.2, 0.25) is 5.91 Å². The molecule has 1 heterocycles. The van der Waals surface area contributed by atoms with Crippen molar-refractivity contribution in [2.24, 2.45) is 0 Å². The van der Waals surface area contributed by atoms with E-state index in [0.717, 1.165) is 16.3 Å². The van der Waals surface area contributed by atoms with Gasteiger partial charge >= 0.3 is 5.76 Å². The van der Waals surface area contributed by atoms with Gasteiger partial charge in [-0.25, -0.2) is 4.79 Å². The molecule has 3 aromatic carbocycles. The number of hydrogen-bond acceptors (Lipinski definition) is 3. The number of fused-ring (bicyclic) bond motifs is 2. The highest BCUT2D eigenvalue weighted by molar-refractivity contribution is 5.86. The fraction of sp³-hybridized carbons (Fsp3) is 0.143. The van der Waals surface area contributed by atoms with Gasteiger partial charge in [-0.2, -0.15) is 0 Å². The maximum atomic E-state index is 12.7. The number of likely N-dealkylation sites (N-methyl/N-ethyl adjacent to an activating group) is 1. The SMILES string of the molecule is CN(Cc1cccc2ccccc12)C(=O)Cn1c(=O)oc2ccccc21. The van der Waals surface area contributed by atoms with Crippen molar-refractivity contribution in [3.05, 3.63) is 82.8 Å². The summed E-state index contributed by atoms with van der Waals surface area (Å²) in [6.45, 7) is 0.432. The van der Waals surface area contributed by atoms with E-state index in [-0.39, 0.29) is 12.5 Å². The van der Waals surface area contributed by atoms with Crippen molar-refractivity contribution in [2.75, 3.05) is 7.05 Å². The van der Waals surface area contributed by atoms with Gasteiger partial charge in [0.1, 0.15) is 6.54 Å². The smallest absolute Gasteiger partial charge is 0.408 e. The van der Waals surface area contributed by atoms with Crippen LogP contribution in [0.25, 0.3) is 21.9 Å². The van der Waals surface area contributed by atoms with Crippen molar-refractivity contribution in [1.82, 2.24) is 9.47 Å². The molecule has 1 amide bonds. The van der Waals surface area contributed by atoms with Crippen molar-refractivity contribution in [3.8, 4) is 0 Å². The van der Waals surface area contributed by atoms with Crippen LogP contribution in [0, 0.1) is 0 Å². The van der Waals surface area contributed by atoms with Gasteiger partial charge in [0, 0.05) is 13.6 Å². The Kier molecular flexibility index (Phi) is 4.05. The van der Waals surface area contributed by atoms with Crippen LogP contribution in [0.5, 0.6) is 0 Å². The Morgan fingerprint density at radius 2 is 1.73 bits per heavy atom. The molecular weight excluding hydrogens is 328 g/mol. The van der Waals surface area contributed by atoms with Crippen LogP contribution < -0.4 is 5.76 Å². The summed E-state index contributed by atoms with van der Waals surface area (Å²) in [6, 6.07) is 21.3. The molecule has 5 heteroatoms. The summed E-state index contributed by atoms with van der Waals surface area (Å²) in [5.74, 6) is -0.662. The number of oxazole rings is 1. The minimum Gasteiger partial charge on any atom is -0.408 e. The van der Waals surface area contributed by atoms with Crippen molar-refractivity contribution >= 4 is 27.8 Å². The Morgan fingerprint density at radius 3 is 2.62 bits per heavy atom. The zero-order valence-corrected chi connectivity index (χ0v) is 14.4. The van der Waals surface area contributed by atoms with Crippen molar-refractivity contribution in [2.45, 2.75) is 13.1 Å². The second-order valence-electron chi connectivity index (χ2n) is 6.31. The van der Waals surface area contributed by atoms with E-state index in [0.29, 0.717) is 17.6 Å². The summed E-state index contributed by atoms with van der Waals surface area (Å²) in [4.78, 5) is 26.4. The number of nitrogens with zero attached hydrogens (tertiary/aromatic N) is 2. The van der Waals surface area contributed by atoms with Crippen LogP contribution in [0.15, 0.2) is 75.9 Å². The van der Waals surface area contributed by atoms with Gasteiger partial charge in [0.05, 0.1) is 5.52 Å². The van der Waals surface area contributed by atoms with Crippen LogP contribution in [0.2, 0.25) is 0 Å². The Labute approximate surface area is 150 Å². The summed E-state index contributed by atoms with van der Waals surface area (Å²) >= 11 is 0. The zero-order chi connectivity index (χ0) is 18.1. The van der Waals surface area contributed by atoms with E-state index in [9.17, 15) is 9.59 Å². The first-order valence-corrected chi connectivity index (χ1v) is 8.42. The number of amides is 1. The Bertz CT molecular complexity index is 1150. The molecule has 0 aliphatic carbocycles. The van der Waals surface area contributed by atoms with Crippen LogP contribution in [-0.2, 0) is 17.9 Å². The molecule has 0 saturated carbocycles. The third kappa shape index (κ3) is 2.88. The van der Waals surface area contributed by atoms with Gasteiger partial charge in [-0.05, 0) is 28.5 Å². The van der Waals surface area contributed by atoms with E-state index >= 15 is 0 Å². The zero-order valence-electron chi connectivity index (χ0n) is 14.4. The minimum absolute atomic E-state index is 0.0445. The molecule has 1 aromatic heterocycles. The Balaban J connectivity index is 1.58. The number of carbonyl (C=O) groups is 1. The maximum absolute atomic E-state index is 12.7. The van der Waals surface area contributed by atoms with E-state index in [4.69, 9.17) is 4.42 Å². The quantitative estimate of drug-likeness (QED) is 0.569. The predicted molar refractivity (Wildman–Crippen MR) is 101 cm³/mol. The Hall–Kier alpha value is -3.34. The van der Waals surface area contributed by atoms with Crippen LogP contribution in [0.1, 0.15) is 5.56 Å². The molecule has 26 heavy (non-hydrogen) atoms. The minimum atomic E-state index is -0.516. The third-order valence-electron chi connectivity index (χ3n) is 4.58. The largest absolute Gasteiger partial charge is 0.420 e. The molecule has 0 fully saturated rings. The summed E-state index contributed by atoms with van der Waals surface area (Å²) in [5.41, 5.74) is 2.19. The van der Waals surface area contributed by atoms with Gasteiger partial charge in [0.15, 0.2) is 5.58 Å². The molecule has 5 nitrogen and oxygen atoms in total. The van der Waals surface area contributed by atoms with Crippen molar-refractivity contribution in [1.29, 1.82) is 0 Å². The van der Waals surface area contributed by atoms with E-state index in [1.165, 1.54) is 4.57 Å². The lowest BCUT2D eigenvalue weighted by molar-refractivity contribution is -0.131. The standard InChI is InChI=1S/C21H18N2O3/c1-22(13-16-9-6-8-15-7-2-3-10-17(15)16)20(24)14-23-18-11-4-5-12-19(18)26-21(23)25/h2-12H,13-14H2,1H3. The number of aromatic nitrogens is 1. The van der Waals surface area contributed by atoms with Crippen molar-refractivity contribution in [3.63, 3.8) is 0 Å². The fourth-order valence-corrected chi connectivity index (χ4v) is 3.19. The molecule has 0 atom stereocenters. The first kappa shape index (κ1) is 16.1. The topological polar surface area (TPSA) is 55.5 Å². The number of benzene rings is 3. The lowest BCUT2D eigenvalue weighted by atomic mass is 10.0. The van der Waals surface area contributed by atoms with Crippen LogP contribution in [0.3, 0.4) is 0 Å². The first-order chi connectivity index (χ1) is 12.6. The molecule has 4 rings (SSSR count). The maximum Gasteiger partial charge on any atom is 0.420 e. The number of para-hydroxylation sites is 2. The van der Waals surface area contributed by atoms with Gasteiger partial charge in [0.25, 0.3) is 0 Å². The highest BCUT2D eigenvalue weighted by atomic mass is 16.4. The normalized spacial score (nSPS) is 11.1. The van der Waals surface area contributed by atoms with Crippen molar-refractivity contribution < 1.29 is 9.21 Å². The molecule has 4 aromatic rings. The molecular formula is C21H18N2O3. The highest BCUT2D eigenvalue weighted by Gasteiger charge is 2.16. The van der Waals surface area contributed by atoms with E-state index in [1.807, 2.05) is 30.3 Å². The Morgan fingerprint density at radius 1 is 1.00 bits per heavy atom. The van der Waals surface area contributed by atoms with Crippen LogP contribution in [0.4, 0.5) is 0 Å². The van der Waals surface area contributed by atoms with E-state index in [1.54, 1.807) is 30.1 Å².